The highest BCUT2D eigenvalue weighted by Gasteiger charge is 2.32. The van der Waals surface area contributed by atoms with Gasteiger partial charge in [-0.25, -0.2) is 24.3 Å². The molecule has 2 aliphatic rings. The van der Waals surface area contributed by atoms with Crippen LogP contribution in [0.4, 0.5) is 17.6 Å². The molecule has 196 valence electrons. The number of fused-ring (bicyclic) bond motifs is 1. The van der Waals surface area contributed by atoms with Gasteiger partial charge in [-0.3, -0.25) is 4.68 Å². The predicted octanol–water partition coefficient (Wildman–Crippen LogP) is 5.82. The zero-order valence-corrected chi connectivity index (χ0v) is 20.5. The molecule has 0 N–H and O–H groups in total. The van der Waals surface area contributed by atoms with Gasteiger partial charge in [0.05, 0.1) is 30.2 Å². The molecule has 38 heavy (non-hydrogen) atoms. The lowest BCUT2D eigenvalue weighted by Crippen LogP contribution is -2.17. The van der Waals surface area contributed by atoms with Crippen LogP contribution in [0.3, 0.4) is 0 Å². The second kappa shape index (κ2) is 9.12. The maximum absolute atomic E-state index is 15.1. The average Bonchev–Trinajstić information content (AvgIpc) is 3.60. The van der Waals surface area contributed by atoms with E-state index in [0.29, 0.717) is 42.3 Å². The molecular weight excluding hydrogens is 504 g/mol. The van der Waals surface area contributed by atoms with E-state index in [0.717, 1.165) is 30.0 Å². The SMILES string of the molecule is Cc1nc2nc(C3=CC(c4cnn(C5CC5)c4)OCC3)nc(-c3ccc(OC(F)(F)F)cc3F)c2nc1C. The van der Waals surface area contributed by atoms with E-state index in [4.69, 9.17) is 4.74 Å². The first-order valence-corrected chi connectivity index (χ1v) is 12.1. The Labute approximate surface area is 214 Å². The third-order valence-electron chi connectivity index (χ3n) is 6.55. The molecule has 3 aromatic heterocycles. The van der Waals surface area contributed by atoms with E-state index in [1.54, 1.807) is 20.0 Å². The van der Waals surface area contributed by atoms with Gasteiger partial charge >= 0.3 is 6.36 Å². The van der Waals surface area contributed by atoms with Crippen LogP contribution in [0.15, 0.2) is 36.7 Å². The molecule has 6 rings (SSSR count). The molecule has 1 saturated carbocycles. The quantitative estimate of drug-likeness (QED) is 0.303. The summed E-state index contributed by atoms with van der Waals surface area (Å²) >= 11 is 0. The summed E-state index contributed by atoms with van der Waals surface area (Å²) in [5, 5.41) is 4.44. The average molecular weight is 526 g/mol. The summed E-state index contributed by atoms with van der Waals surface area (Å²) in [4.78, 5) is 18.3. The highest BCUT2D eigenvalue weighted by Crippen LogP contribution is 2.37. The monoisotopic (exact) mass is 526 g/mol. The van der Waals surface area contributed by atoms with Gasteiger partial charge in [0.25, 0.3) is 0 Å². The minimum Gasteiger partial charge on any atom is -0.406 e. The number of hydrogen-bond acceptors (Lipinski definition) is 7. The van der Waals surface area contributed by atoms with Crippen molar-refractivity contribution >= 4 is 16.7 Å². The summed E-state index contributed by atoms with van der Waals surface area (Å²) in [6, 6.07) is 3.34. The van der Waals surface area contributed by atoms with Crippen LogP contribution in [-0.4, -0.2) is 42.7 Å². The van der Waals surface area contributed by atoms with E-state index >= 15 is 4.39 Å². The number of nitrogens with zero attached hydrogens (tertiary/aromatic N) is 6. The fourth-order valence-corrected chi connectivity index (χ4v) is 4.36. The molecule has 1 aliphatic carbocycles. The first kappa shape index (κ1) is 24.4. The van der Waals surface area contributed by atoms with Gasteiger partial charge in [-0.05, 0) is 56.9 Å². The first-order chi connectivity index (χ1) is 18.1. The molecule has 8 nitrogen and oxygen atoms in total. The number of aromatic nitrogens is 6. The van der Waals surface area contributed by atoms with Crippen molar-refractivity contribution in [3.05, 3.63) is 65.3 Å². The molecule has 4 heterocycles. The summed E-state index contributed by atoms with van der Waals surface area (Å²) in [6.45, 7) is 3.95. The standard InChI is InChI=1S/C26H22F4N6O2/c1-13-14(2)33-25-23(32-13)22(19-6-5-18(10-20(19)27)38-26(28,29)30)34-24(35-25)15-7-8-37-21(9-15)16-11-31-36(12-16)17-3-4-17/h5-6,9-12,17,21H,3-4,7-8H2,1-2H3. The van der Waals surface area contributed by atoms with Crippen molar-refractivity contribution in [2.45, 2.75) is 51.6 Å². The summed E-state index contributed by atoms with van der Waals surface area (Å²) < 4.78 is 64.8. The van der Waals surface area contributed by atoms with E-state index in [2.05, 4.69) is 29.8 Å². The number of ether oxygens (including phenoxy) is 2. The van der Waals surface area contributed by atoms with Crippen molar-refractivity contribution in [2.75, 3.05) is 6.61 Å². The Balaban J connectivity index is 1.44. The molecule has 0 radical (unpaired) electrons. The molecule has 1 atom stereocenters. The predicted molar refractivity (Wildman–Crippen MR) is 128 cm³/mol. The number of rotatable bonds is 5. The number of alkyl halides is 3. The zero-order valence-electron chi connectivity index (χ0n) is 20.5. The zero-order chi connectivity index (χ0) is 26.6. The lowest BCUT2D eigenvalue weighted by atomic mass is 10.0. The van der Waals surface area contributed by atoms with Crippen LogP contribution < -0.4 is 4.74 Å². The molecule has 12 heteroatoms. The van der Waals surface area contributed by atoms with E-state index < -0.39 is 17.9 Å². The van der Waals surface area contributed by atoms with Crippen molar-refractivity contribution in [1.82, 2.24) is 29.7 Å². The highest BCUT2D eigenvalue weighted by molar-refractivity contribution is 5.88. The summed E-state index contributed by atoms with van der Waals surface area (Å²) in [5.41, 5.74) is 3.53. The molecule has 1 fully saturated rings. The van der Waals surface area contributed by atoms with Gasteiger partial charge in [-0.15, -0.1) is 13.2 Å². The van der Waals surface area contributed by atoms with Gasteiger partial charge < -0.3 is 9.47 Å². The van der Waals surface area contributed by atoms with Crippen LogP contribution in [0, 0.1) is 19.7 Å². The minimum absolute atomic E-state index is 0.0411. The molecule has 0 spiro atoms. The van der Waals surface area contributed by atoms with E-state index in [9.17, 15) is 13.2 Å². The first-order valence-electron chi connectivity index (χ1n) is 12.1. The van der Waals surface area contributed by atoms with Crippen LogP contribution in [0.25, 0.3) is 28.0 Å². The topological polar surface area (TPSA) is 87.8 Å². The molecule has 0 amide bonds. The van der Waals surface area contributed by atoms with Crippen molar-refractivity contribution in [1.29, 1.82) is 0 Å². The summed E-state index contributed by atoms with van der Waals surface area (Å²) in [7, 11) is 0. The largest absolute Gasteiger partial charge is 0.573 e. The van der Waals surface area contributed by atoms with Crippen molar-refractivity contribution in [2.24, 2.45) is 0 Å². The Morgan fingerprint density at radius 1 is 1.05 bits per heavy atom. The van der Waals surface area contributed by atoms with Gasteiger partial charge in [0.2, 0.25) is 0 Å². The maximum atomic E-state index is 15.1. The van der Waals surface area contributed by atoms with Crippen LogP contribution in [0.1, 0.15) is 54.2 Å². The summed E-state index contributed by atoms with van der Waals surface area (Å²) in [6.07, 6.45) is 3.12. The maximum Gasteiger partial charge on any atom is 0.573 e. The van der Waals surface area contributed by atoms with Crippen molar-refractivity contribution in [3.8, 4) is 17.0 Å². The van der Waals surface area contributed by atoms with Gasteiger partial charge in [-0.2, -0.15) is 5.10 Å². The fraction of sp³-hybridized carbons (Fsp3) is 0.346. The van der Waals surface area contributed by atoms with Crippen LogP contribution in [-0.2, 0) is 4.74 Å². The Kier molecular flexibility index (Phi) is 5.86. The van der Waals surface area contributed by atoms with Crippen LogP contribution in [0.5, 0.6) is 5.75 Å². The van der Waals surface area contributed by atoms with Crippen molar-refractivity contribution in [3.63, 3.8) is 0 Å². The van der Waals surface area contributed by atoms with Gasteiger partial charge in [0.15, 0.2) is 11.5 Å². The van der Waals surface area contributed by atoms with Gasteiger partial charge in [0, 0.05) is 23.4 Å². The molecule has 1 aliphatic heterocycles. The molecule has 4 aromatic rings. The molecule has 1 unspecified atom stereocenters. The van der Waals surface area contributed by atoms with E-state index in [1.807, 2.05) is 17.0 Å². The molecular formula is C26H22F4N6O2. The summed E-state index contributed by atoms with van der Waals surface area (Å²) in [5.74, 6) is -1.29. The van der Waals surface area contributed by atoms with Gasteiger partial charge in [0.1, 0.15) is 28.9 Å². The number of aryl methyl sites for hydroxylation is 2. The lowest BCUT2D eigenvalue weighted by molar-refractivity contribution is -0.274. The van der Waals surface area contributed by atoms with Crippen LogP contribution in [0.2, 0.25) is 0 Å². The Morgan fingerprint density at radius 2 is 1.84 bits per heavy atom. The minimum atomic E-state index is -4.94. The third kappa shape index (κ3) is 4.83. The lowest BCUT2D eigenvalue weighted by Gasteiger charge is -2.21. The van der Waals surface area contributed by atoms with Crippen molar-refractivity contribution < 1.29 is 27.0 Å². The molecule has 1 aromatic carbocycles. The Hall–Kier alpha value is -3.93. The smallest absolute Gasteiger partial charge is 0.406 e. The fourth-order valence-electron chi connectivity index (χ4n) is 4.36. The second-order valence-corrected chi connectivity index (χ2v) is 9.37. The van der Waals surface area contributed by atoms with E-state index in [-0.39, 0.29) is 28.5 Å². The van der Waals surface area contributed by atoms with Gasteiger partial charge in [-0.1, -0.05) is 0 Å². The highest BCUT2D eigenvalue weighted by atomic mass is 19.4. The Morgan fingerprint density at radius 3 is 2.58 bits per heavy atom. The third-order valence-corrected chi connectivity index (χ3v) is 6.55. The second-order valence-electron chi connectivity index (χ2n) is 9.37. The molecule has 0 saturated heterocycles. The number of halogens is 4. The normalized spacial score (nSPS) is 18.1. The van der Waals surface area contributed by atoms with E-state index in [1.165, 1.54) is 6.07 Å². The Bertz CT molecular complexity index is 1580. The molecule has 0 bridgehead atoms. The van der Waals surface area contributed by atoms with Crippen LogP contribution >= 0.6 is 0 Å². The number of benzene rings is 1. The number of hydrogen-bond donors (Lipinski definition) is 0.